The van der Waals surface area contributed by atoms with Gasteiger partial charge in [0.05, 0.1) is 11.2 Å². The minimum Gasteiger partial charge on any atom is -0.468 e. The molecule has 1 aromatic heterocycles. The molecule has 0 saturated heterocycles. The Morgan fingerprint density at radius 3 is 2.70 bits per heavy atom. The molecule has 20 heavy (non-hydrogen) atoms. The molecule has 0 fully saturated rings. The third-order valence-corrected chi connectivity index (χ3v) is 4.32. The summed E-state index contributed by atoms with van der Waals surface area (Å²) in [5, 5.41) is 1.24. The zero-order chi connectivity index (χ0) is 13.9. The molecule has 1 aliphatic heterocycles. The molecule has 3 heteroatoms. The van der Waals surface area contributed by atoms with Gasteiger partial charge in [-0.2, -0.15) is 0 Å². The summed E-state index contributed by atoms with van der Waals surface area (Å²) < 4.78 is 9.55. The molecule has 0 atom stereocenters. The molecule has 0 amide bonds. The van der Waals surface area contributed by atoms with E-state index in [-0.39, 0.29) is 5.72 Å². The standard InChI is InChI=1S/C17H14BrNO/c1-17(2)19-14-6-4-3-5-11(14)9-15(19)13-10-12(18)7-8-16(13)20-17/h3-10H,1-2H3. The van der Waals surface area contributed by atoms with Gasteiger partial charge in [-0.05, 0) is 44.2 Å². The third kappa shape index (κ3) is 1.56. The SMILES string of the molecule is CC1(C)Oc2ccc(Br)cc2-c2cc3ccccc3n21. The van der Waals surface area contributed by atoms with Crippen LogP contribution in [-0.4, -0.2) is 4.57 Å². The van der Waals surface area contributed by atoms with E-state index in [4.69, 9.17) is 4.74 Å². The lowest BCUT2D eigenvalue weighted by molar-refractivity contribution is 0.0312. The molecule has 0 aliphatic carbocycles. The van der Waals surface area contributed by atoms with E-state index in [1.807, 2.05) is 12.1 Å². The molecule has 0 saturated carbocycles. The fourth-order valence-electron chi connectivity index (χ4n) is 3.04. The summed E-state index contributed by atoms with van der Waals surface area (Å²) in [4.78, 5) is 0. The summed E-state index contributed by atoms with van der Waals surface area (Å²) in [6.45, 7) is 4.21. The molecule has 1 aliphatic rings. The first-order chi connectivity index (χ1) is 9.56. The van der Waals surface area contributed by atoms with Crippen LogP contribution in [0.4, 0.5) is 0 Å². The maximum atomic E-state index is 6.21. The van der Waals surface area contributed by atoms with Crippen LogP contribution in [0.2, 0.25) is 0 Å². The molecule has 0 radical (unpaired) electrons. The summed E-state index contributed by atoms with van der Waals surface area (Å²) in [6, 6.07) is 16.9. The average molecular weight is 328 g/mol. The van der Waals surface area contributed by atoms with Gasteiger partial charge in [0, 0.05) is 15.4 Å². The predicted octanol–water partition coefficient (Wildman–Crippen LogP) is 5.16. The van der Waals surface area contributed by atoms with Crippen LogP contribution in [0.5, 0.6) is 5.75 Å². The topological polar surface area (TPSA) is 14.2 Å². The van der Waals surface area contributed by atoms with Gasteiger partial charge in [0.2, 0.25) is 0 Å². The van der Waals surface area contributed by atoms with E-state index in [1.165, 1.54) is 16.6 Å². The summed E-state index contributed by atoms with van der Waals surface area (Å²) in [5.41, 5.74) is 3.16. The number of hydrogen-bond acceptors (Lipinski definition) is 1. The fraction of sp³-hybridized carbons (Fsp3) is 0.176. The predicted molar refractivity (Wildman–Crippen MR) is 85.0 cm³/mol. The highest BCUT2D eigenvalue weighted by Gasteiger charge is 2.33. The number of ether oxygens (including phenoxy) is 1. The second-order valence-electron chi connectivity index (χ2n) is 5.61. The number of para-hydroxylation sites is 1. The number of halogens is 1. The van der Waals surface area contributed by atoms with Crippen molar-refractivity contribution in [3.05, 3.63) is 53.0 Å². The molecule has 100 valence electrons. The monoisotopic (exact) mass is 327 g/mol. The molecule has 4 rings (SSSR count). The lowest BCUT2D eigenvalue weighted by Gasteiger charge is -2.36. The summed E-state index contributed by atoms with van der Waals surface area (Å²) in [5.74, 6) is 0.938. The Morgan fingerprint density at radius 1 is 1.05 bits per heavy atom. The highest BCUT2D eigenvalue weighted by Crippen LogP contribution is 2.44. The van der Waals surface area contributed by atoms with Gasteiger partial charge in [0.1, 0.15) is 5.75 Å². The molecule has 0 unspecified atom stereocenters. The van der Waals surface area contributed by atoms with Crippen LogP contribution >= 0.6 is 15.9 Å². The van der Waals surface area contributed by atoms with Gasteiger partial charge in [-0.3, -0.25) is 0 Å². The van der Waals surface area contributed by atoms with Crippen molar-refractivity contribution in [1.29, 1.82) is 0 Å². The van der Waals surface area contributed by atoms with Crippen LogP contribution in [0.1, 0.15) is 13.8 Å². The lowest BCUT2D eigenvalue weighted by Crippen LogP contribution is -2.36. The number of nitrogens with zero attached hydrogens (tertiary/aromatic N) is 1. The van der Waals surface area contributed by atoms with Crippen LogP contribution < -0.4 is 4.74 Å². The van der Waals surface area contributed by atoms with Crippen molar-refractivity contribution in [3.8, 4) is 17.0 Å². The smallest absolute Gasteiger partial charge is 0.181 e. The zero-order valence-electron chi connectivity index (χ0n) is 11.4. The molecule has 2 heterocycles. The third-order valence-electron chi connectivity index (χ3n) is 3.83. The number of hydrogen-bond donors (Lipinski definition) is 0. The summed E-state index contributed by atoms with van der Waals surface area (Å²) >= 11 is 3.55. The van der Waals surface area contributed by atoms with Gasteiger partial charge in [-0.15, -0.1) is 0 Å². The summed E-state index contributed by atoms with van der Waals surface area (Å²) in [7, 11) is 0. The zero-order valence-corrected chi connectivity index (χ0v) is 12.9. The maximum absolute atomic E-state index is 6.21. The van der Waals surface area contributed by atoms with Gasteiger partial charge >= 0.3 is 0 Å². The van der Waals surface area contributed by atoms with Crippen LogP contribution in [0.25, 0.3) is 22.2 Å². The number of rotatable bonds is 0. The Hall–Kier alpha value is -1.74. The van der Waals surface area contributed by atoms with E-state index in [9.17, 15) is 0 Å². The quantitative estimate of drug-likeness (QED) is 0.556. The maximum Gasteiger partial charge on any atom is 0.181 e. The molecule has 3 aromatic rings. The van der Waals surface area contributed by atoms with E-state index in [0.29, 0.717) is 0 Å². The molecular weight excluding hydrogens is 314 g/mol. The highest BCUT2D eigenvalue weighted by molar-refractivity contribution is 9.10. The van der Waals surface area contributed by atoms with E-state index >= 15 is 0 Å². The van der Waals surface area contributed by atoms with Crippen LogP contribution in [0.15, 0.2) is 53.0 Å². The second-order valence-corrected chi connectivity index (χ2v) is 6.53. The molecule has 2 nitrogen and oxygen atoms in total. The number of aromatic nitrogens is 1. The number of benzene rings is 2. The highest BCUT2D eigenvalue weighted by atomic mass is 79.9. The van der Waals surface area contributed by atoms with Gasteiger partial charge in [0.15, 0.2) is 5.72 Å². The Labute approximate surface area is 126 Å². The Kier molecular flexibility index (Phi) is 2.34. The van der Waals surface area contributed by atoms with Crippen molar-refractivity contribution in [3.63, 3.8) is 0 Å². The first kappa shape index (κ1) is 12.0. The van der Waals surface area contributed by atoms with E-state index in [1.54, 1.807) is 0 Å². The van der Waals surface area contributed by atoms with Crippen molar-refractivity contribution < 1.29 is 4.74 Å². The van der Waals surface area contributed by atoms with E-state index in [0.717, 1.165) is 15.8 Å². The largest absolute Gasteiger partial charge is 0.468 e. The van der Waals surface area contributed by atoms with Gasteiger partial charge in [-0.1, -0.05) is 34.1 Å². The van der Waals surface area contributed by atoms with Crippen molar-refractivity contribution in [2.45, 2.75) is 19.6 Å². The number of fused-ring (bicyclic) bond motifs is 5. The Balaban J connectivity index is 2.14. The lowest BCUT2D eigenvalue weighted by atomic mass is 10.1. The average Bonchev–Trinajstić information content (AvgIpc) is 2.80. The first-order valence-corrected chi connectivity index (χ1v) is 7.45. The van der Waals surface area contributed by atoms with Crippen molar-refractivity contribution >= 4 is 26.8 Å². The van der Waals surface area contributed by atoms with E-state index in [2.05, 4.69) is 70.7 Å². The molecule has 0 bridgehead atoms. The van der Waals surface area contributed by atoms with E-state index < -0.39 is 0 Å². The Bertz CT molecular complexity index is 832. The van der Waals surface area contributed by atoms with Crippen LogP contribution in [0, 0.1) is 0 Å². The minimum absolute atomic E-state index is 0.390. The summed E-state index contributed by atoms with van der Waals surface area (Å²) in [6.07, 6.45) is 0. The second kappa shape index (κ2) is 3.89. The Morgan fingerprint density at radius 2 is 1.85 bits per heavy atom. The minimum atomic E-state index is -0.390. The normalized spacial score (nSPS) is 15.6. The molecular formula is C17H14BrNO. The fourth-order valence-corrected chi connectivity index (χ4v) is 3.40. The molecule has 2 aromatic carbocycles. The van der Waals surface area contributed by atoms with Crippen molar-refractivity contribution in [2.75, 3.05) is 0 Å². The van der Waals surface area contributed by atoms with Gasteiger partial charge in [0.25, 0.3) is 0 Å². The van der Waals surface area contributed by atoms with Crippen molar-refractivity contribution in [2.24, 2.45) is 0 Å². The first-order valence-electron chi connectivity index (χ1n) is 6.66. The van der Waals surface area contributed by atoms with Gasteiger partial charge in [-0.25, -0.2) is 0 Å². The van der Waals surface area contributed by atoms with Crippen molar-refractivity contribution in [1.82, 2.24) is 4.57 Å². The molecule has 0 N–H and O–H groups in total. The molecule has 0 spiro atoms. The van der Waals surface area contributed by atoms with Crippen LogP contribution in [-0.2, 0) is 5.72 Å². The van der Waals surface area contributed by atoms with Crippen LogP contribution in [0.3, 0.4) is 0 Å². The van der Waals surface area contributed by atoms with Gasteiger partial charge < -0.3 is 9.30 Å².